The van der Waals surface area contributed by atoms with Crippen molar-refractivity contribution in [2.75, 3.05) is 18.5 Å². The number of aromatic nitrogens is 4. The summed E-state index contributed by atoms with van der Waals surface area (Å²) in [7, 11) is 1.81. The lowest BCUT2D eigenvalue weighted by atomic mass is 10.2. The highest BCUT2D eigenvalue weighted by Crippen LogP contribution is 2.34. The molecule has 0 fully saturated rings. The number of nitrogens with zero attached hydrogens (tertiary/aromatic N) is 4. The fourth-order valence-electron chi connectivity index (χ4n) is 3.86. The molecule has 3 rings (SSSR count). The summed E-state index contributed by atoms with van der Waals surface area (Å²) in [6, 6.07) is 7.92. The van der Waals surface area contributed by atoms with E-state index < -0.39 is 4.75 Å². The summed E-state index contributed by atoms with van der Waals surface area (Å²) in [5.74, 6) is 0.554. The number of aryl methyl sites for hydroxylation is 3. The topological polar surface area (TPSA) is 91.0 Å². The third kappa shape index (κ3) is 5.63. The van der Waals surface area contributed by atoms with Crippen LogP contribution in [-0.2, 0) is 36.0 Å². The van der Waals surface area contributed by atoms with E-state index in [-0.39, 0.29) is 11.5 Å². The highest BCUT2D eigenvalue weighted by atomic mass is 32.2. The van der Waals surface area contributed by atoms with E-state index >= 15 is 0 Å². The first-order valence-corrected chi connectivity index (χ1v) is 12.7. The first-order chi connectivity index (χ1) is 16.2. The number of fused-ring (bicyclic) bond motifs is 1. The predicted molar refractivity (Wildman–Crippen MR) is 138 cm³/mol. The molecule has 3 aromatic rings. The zero-order chi connectivity index (χ0) is 24.9. The van der Waals surface area contributed by atoms with Gasteiger partial charge >= 0.3 is 5.97 Å². The Hall–Kier alpha value is -2.81. The van der Waals surface area contributed by atoms with Crippen LogP contribution in [0, 0.1) is 0 Å². The average Bonchev–Trinajstić information content (AvgIpc) is 3.11. The van der Waals surface area contributed by atoms with Crippen molar-refractivity contribution in [2.45, 2.75) is 70.1 Å². The summed E-state index contributed by atoms with van der Waals surface area (Å²) >= 11 is 1.47. The molecule has 0 bridgehead atoms. The lowest BCUT2D eigenvalue weighted by Gasteiger charge is -2.21. The summed E-state index contributed by atoms with van der Waals surface area (Å²) in [5, 5.41) is 7.92. The number of benzene rings is 1. The standard InChI is InChI=1S/C25H35N5O3S/c1-7-10-19-21-22(29(6)28-19)23(31)30(20(8-2)27-21)16-15-26-17-11-13-18(14-12-17)34-25(4,5)24(32)33-9-3/h11-14,26H,7-10,15-16H2,1-6H3. The van der Waals surface area contributed by atoms with Gasteiger partial charge in [0.25, 0.3) is 5.56 Å². The van der Waals surface area contributed by atoms with Gasteiger partial charge in [0, 0.05) is 37.1 Å². The van der Waals surface area contributed by atoms with E-state index in [4.69, 9.17) is 9.72 Å². The second-order valence-corrected chi connectivity index (χ2v) is 10.3. The minimum atomic E-state index is -0.656. The fourth-order valence-corrected chi connectivity index (χ4v) is 4.86. The molecule has 0 radical (unpaired) electrons. The van der Waals surface area contributed by atoms with Crippen LogP contribution in [0.2, 0.25) is 0 Å². The molecule has 1 aromatic carbocycles. The van der Waals surface area contributed by atoms with Crippen molar-refractivity contribution in [1.82, 2.24) is 19.3 Å². The number of hydrogen-bond donors (Lipinski definition) is 1. The molecule has 0 amide bonds. The Labute approximate surface area is 205 Å². The number of thioether (sulfide) groups is 1. The van der Waals surface area contributed by atoms with E-state index in [0.717, 1.165) is 40.5 Å². The van der Waals surface area contributed by atoms with Gasteiger partial charge < -0.3 is 10.1 Å². The van der Waals surface area contributed by atoms with Gasteiger partial charge in [-0.25, -0.2) is 4.98 Å². The first-order valence-electron chi connectivity index (χ1n) is 11.9. The van der Waals surface area contributed by atoms with Crippen LogP contribution < -0.4 is 10.9 Å². The van der Waals surface area contributed by atoms with Gasteiger partial charge in [0.15, 0.2) is 5.52 Å². The molecule has 0 saturated heterocycles. The van der Waals surface area contributed by atoms with E-state index in [9.17, 15) is 9.59 Å². The number of ether oxygens (including phenoxy) is 1. The second-order valence-electron chi connectivity index (χ2n) is 8.64. The van der Waals surface area contributed by atoms with Crippen LogP contribution in [0.5, 0.6) is 0 Å². The van der Waals surface area contributed by atoms with Gasteiger partial charge in [-0.3, -0.25) is 18.8 Å². The van der Waals surface area contributed by atoms with Gasteiger partial charge in [-0.1, -0.05) is 20.3 Å². The van der Waals surface area contributed by atoms with Crippen LogP contribution in [0.3, 0.4) is 0 Å². The van der Waals surface area contributed by atoms with E-state index in [0.29, 0.717) is 31.6 Å². The number of carbonyl (C=O) groups is 1. The predicted octanol–water partition coefficient (Wildman–Crippen LogP) is 4.19. The van der Waals surface area contributed by atoms with Gasteiger partial charge in [0.1, 0.15) is 16.1 Å². The number of esters is 1. The lowest BCUT2D eigenvalue weighted by Crippen LogP contribution is -2.29. The van der Waals surface area contributed by atoms with Gasteiger partial charge in [0.05, 0.1) is 12.3 Å². The Morgan fingerprint density at radius 2 is 1.88 bits per heavy atom. The van der Waals surface area contributed by atoms with Gasteiger partial charge in [-0.05, 0) is 51.5 Å². The first kappa shape index (κ1) is 25.8. The molecule has 0 aliphatic carbocycles. The van der Waals surface area contributed by atoms with Crippen LogP contribution in [0.25, 0.3) is 11.0 Å². The van der Waals surface area contributed by atoms with Crippen LogP contribution in [0.4, 0.5) is 5.69 Å². The molecule has 2 heterocycles. The second kappa shape index (κ2) is 11.1. The van der Waals surface area contributed by atoms with Crippen molar-refractivity contribution in [3.05, 3.63) is 46.1 Å². The quantitative estimate of drug-likeness (QED) is 0.322. The van der Waals surface area contributed by atoms with Crippen LogP contribution in [0.15, 0.2) is 34.0 Å². The van der Waals surface area contributed by atoms with Crippen molar-refractivity contribution in [2.24, 2.45) is 7.05 Å². The third-order valence-electron chi connectivity index (χ3n) is 5.55. The molecule has 0 unspecified atom stereocenters. The maximum absolute atomic E-state index is 13.3. The molecule has 8 nitrogen and oxygen atoms in total. The van der Waals surface area contributed by atoms with Crippen LogP contribution >= 0.6 is 11.8 Å². The molecule has 2 aromatic heterocycles. The monoisotopic (exact) mass is 485 g/mol. The van der Waals surface area contributed by atoms with E-state index in [1.165, 1.54) is 11.8 Å². The minimum absolute atomic E-state index is 0.0473. The highest BCUT2D eigenvalue weighted by Gasteiger charge is 2.30. The Morgan fingerprint density at radius 1 is 1.18 bits per heavy atom. The van der Waals surface area contributed by atoms with E-state index in [1.54, 1.807) is 9.25 Å². The van der Waals surface area contributed by atoms with Crippen molar-refractivity contribution in [3.8, 4) is 0 Å². The van der Waals surface area contributed by atoms with Crippen molar-refractivity contribution < 1.29 is 9.53 Å². The van der Waals surface area contributed by atoms with E-state index in [1.807, 2.05) is 59.0 Å². The number of anilines is 1. The summed E-state index contributed by atoms with van der Waals surface area (Å²) in [6.07, 6.45) is 2.44. The van der Waals surface area contributed by atoms with E-state index in [2.05, 4.69) is 17.3 Å². The third-order valence-corrected chi connectivity index (χ3v) is 6.74. The Morgan fingerprint density at radius 3 is 2.50 bits per heavy atom. The summed E-state index contributed by atoms with van der Waals surface area (Å²) in [6.45, 7) is 11.1. The molecular formula is C25H35N5O3S. The van der Waals surface area contributed by atoms with Gasteiger partial charge in [0.2, 0.25) is 0 Å². The highest BCUT2D eigenvalue weighted by molar-refractivity contribution is 8.01. The van der Waals surface area contributed by atoms with Crippen molar-refractivity contribution in [1.29, 1.82) is 0 Å². The molecule has 9 heteroatoms. The number of rotatable bonds is 11. The summed E-state index contributed by atoms with van der Waals surface area (Å²) < 4.78 is 7.92. The Kier molecular flexibility index (Phi) is 8.41. The van der Waals surface area contributed by atoms with Crippen LogP contribution in [0.1, 0.15) is 52.6 Å². The lowest BCUT2D eigenvalue weighted by molar-refractivity contribution is -0.145. The molecular weight excluding hydrogens is 450 g/mol. The normalized spacial score (nSPS) is 11.7. The maximum Gasteiger partial charge on any atom is 0.321 e. The Bertz CT molecular complexity index is 1200. The van der Waals surface area contributed by atoms with Crippen molar-refractivity contribution >= 4 is 34.5 Å². The maximum atomic E-state index is 13.3. The Balaban J connectivity index is 1.70. The number of hydrogen-bond acceptors (Lipinski definition) is 7. The molecule has 0 aliphatic rings. The smallest absolute Gasteiger partial charge is 0.321 e. The van der Waals surface area contributed by atoms with Gasteiger partial charge in [-0.15, -0.1) is 11.8 Å². The largest absolute Gasteiger partial charge is 0.465 e. The molecule has 0 saturated carbocycles. The van der Waals surface area contributed by atoms with Gasteiger partial charge in [-0.2, -0.15) is 5.10 Å². The molecule has 0 spiro atoms. The van der Waals surface area contributed by atoms with Crippen molar-refractivity contribution in [3.63, 3.8) is 0 Å². The molecule has 184 valence electrons. The summed E-state index contributed by atoms with van der Waals surface area (Å²) in [4.78, 5) is 31.2. The molecule has 34 heavy (non-hydrogen) atoms. The summed E-state index contributed by atoms with van der Waals surface area (Å²) in [5.41, 5.74) is 3.08. The number of nitrogens with one attached hydrogen (secondary N) is 1. The molecule has 1 N–H and O–H groups in total. The zero-order valence-electron chi connectivity index (χ0n) is 21.0. The molecule has 0 aliphatic heterocycles. The van der Waals surface area contributed by atoms with Crippen LogP contribution in [-0.4, -0.2) is 43.2 Å². The fraction of sp³-hybridized carbons (Fsp3) is 0.520. The molecule has 0 atom stereocenters. The minimum Gasteiger partial charge on any atom is -0.465 e. The average molecular weight is 486 g/mol. The SMILES string of the molecule is CCCc1nn(C)c2c(=O)n(CCNc3ccc(SC(C)(C)C(=O)OCC)cc3)c(CC)nc12. The zero-order valence-corrected chi connectivity index (χ0v) is 21.8. The number of carbonyl (C=O) groups excluding carboxylic acids is 1.